The van der Waals surface area contributed by atoms with Gasteiger partial charge in [-0.3, -0.25) is 0 Å². The summed E-state index contributed by atoms with van der Waals surface area (Å²) in [6.45, 7) is 4.02. The standard InChI is InChI=1S/C8H18N2O/c1-4-6-7-8(11,5-2)10-9-3/h11H,4-7H2,1-3H3/b10-9+. The molecule has 0 bridgehead atoms. The number of unbranched alkanes of at least 4 members (excludes halogenated alkanes) is 1. The van der Waals surface area contributed by atoms with Crippen molar-refractivity contribution in [2.24, 2.45) is 10.2 Å². The van der Waals surface area contributed by atoms with E-state index in [0.717, 1.165) is 19.3 Å². The molecule has 0 aromatic carbocycles. The molecule has 0 aliphatic rings. The van der Waals surface area contributed by atoms with Gasteiger partial charge in [0.2, 0.25) is 0 Å². The van der Waals surface area contributed by atoms with Crippen molar-refractivity contribution in [1.82, 2.24) is 0 Å². The summed E-state index contributed by atoms with van der Waals surface area (Å²) in [6, 6.07) is 0. The molecule has 0 amide bonds. The molecule has 0 aromatic heterocycles. The fraction of sp³-hybridized carbons (Fsp3) is 1.00. The molecular formula is C8H18N2O. The first-order valence-corrected chi connectivity index (χ1v) is 4.22. The van der Waals surface area contributed by atoms with E-state index in [4.69, 9.17) is 0 Å². The Morgan fingerprint density at radius 1 is 1.36 bits per heavy atom. The third kappa shape index (κ3) is 4.09. The molecule has 0 radical (unpaired) electrons. The second kappa shape index (κ2) is 5.24. The van der Waals surface area contributed by atoms with Crippen LogP contribution in [-0.2, 0) is 0 Å². The molecule has 3 heteroatoms. The molecule has 0 saturated carbocycles. The third-order valence-corrected chi connectivity index (χ3v) is 1.78. The number of nitrogens with zero attached hydrogens (tertiary/aromatic N) is 2. The van der Waals surface area contributed by atoms with Crippen LogP contribution in [0.5, 0.6) is 0 Å². The highest BCUT2D eigenvalue weighted by atomic mass is 16.3. The lowest BCUT2D eigenvalue weighted by atomic mass is 10.0. The first-order chi connectivity index (χ1) is 5.18. The van der Waals surface area contributed by atoms with Gasteiger partial charge in [-0.15, -0.1) is 0 Å². The van der Waals surface area contributed by atoms with Gasteiger partial charge >= 0.3 is 0 Å². The van der Waals surface area contributed by atoms with Crippen molar-refractivity contribution in [2.45, 2.75) is 45.3 Å². The molecule has 0 aromatic rings. The molecular weight excluding hydrogens is 140 g/mol. The molecule has 0 aliphatic carbocycles. The first kappa shape index (κ1) is 10.6. The normalized spacial score (nSPS) is 17.1. The molecule has 0 saturated heterocycles. The van der Waals surface area contributed by atoms with E-state index in [2.05, 4.69) is 17.2 Å². The number of rotatable bonds is 5. The van der Waals surface area contributed by atoms with Crippen molar-refractivity contribution >= 4 is 0 Å². The van der Waals surface area contributed by atoms with E-state index < -0.39 is 5.72 Å². The molecule has 0 rings (SSSR count). The van der Waals surface area contributed by atoms with Gasteiger partial charge in [-0.1, -0.05) is 20.3 Å². The Labute approximate surface area is 68.5 Å². The minimum absolute atomic E-state index is 0.643. The van der Waals surface area contributed by atoms with Crippen molar-refractivity contribution in [3.05, 3.63) is 0 Å². The number of aliphatic hydroxyl groups is 1. The predicted molar refractivity (Wildman–Crippen MR) is 45.5 cm³/mol. The van der Waals surface area contributed by atoms with Gasteiger partial charge < -0.3 is 5.11 Å². The summed E-state index contributed by atoms with van der Waals surface area (Å²) < 4.78 is 0. The molecule has 1 N–H and O–H groups in total. The van der Waals surface area contributed by atoms with Gasteiger partial charge in [0.1, 0.15) is 0 Å². The van der Waals surface area contributed by atoms with Crippen molar-refractivity contribution in [3.8, 4) is 0 Å². The van der Waals surface area contributed by atoms with Gasteiger partial charge in [0, 0.05) is 7.05 Å². The first-order valence-electron chi connectivity index (χ1n) is 4.22. The maximum absolute atomic E-state index is 9.69. The Morgan fingerprint density at radius 2 is 2.00 bits per heavy atom. The summed E-state index contributed by atoms with van der Waals surface area (Å²) in [5, 5.41) is 17.1. The summed E-state index contributed by atoms with van der Waals surface area (Å²) in [6.07, 6.45) is 3.45. The molecule has 0 spiro atoms. The summed E-state index contributed by atoms with van der Waals surface area (Å²) in [4.78, 5) is 0. The van der Waals surface area contributed by atoms with E-state index in [0.29, 0.717) is 6.42 Å². The molecule has 1 unspecified atom stereocenters. The zero-order valence-electron chi connectivity index (χ0n) is 7.67. The Kier molecular flexibility index (Phi) is 5.03. The van der Waals surface area contributed by atoms with Gasteiger partial charge in [0.15, 0.2) is 5.72 Å². The fourth-order valence-corrected chi connectivity index (χ4v) is 0.944. The van der Waals surface area contributed by atoms with E-state index in [1.807, 2.05) is 6.92 Å². The Hall–Kier alpha value is -0.440. The van der Waals surface area contributed by atoms with E-state index >= 15 is 0 Å². The lowest BCUT2D eigenvalue weighted by Gasteiger charge is -2.19. The maximum Gasteiger partial charge on any atom is 0.175 e. The Bertz CT molecular complexity index is 125. The van der Waals surface area contributed by atoms with Gasteiger partial charge in [-0.2, -0.15) is 10.2 Å². The van der Waals surface area contributed by atoms with Crippen LogP contribution in [0.3, 0.4) is 0 Å². The average molecular weight is 158 g/mol. The second-order valence-electron chi connectivity index (χ2n) is 2.74. The minimum Gasteiger partial charge on any atom is -0.368 e. The lowest BCUT2D eigenvalue weighted by molar-refractivity contribution is 0.0270. The summed E-state index contributed by atoms with van der Waals surface area (Å²) in [5.74, 6) is 0. The van der Waals surface area contributed by atoms with Crippen LogP contribution in [-0.4, -0.2) is 17.9 Å². The van der Waals surface area contributed by atoms with E-state index in [1.54, 1.807) is 7.05 Å². The van der Waals surface area contributed by atoms with Crippen LogP contribution in [0.1, 0.15) is 39.5 Å². The molecule has 0 heterocycles. The SMILES string of the molecule is CCCCC(O)(CC)/N=N/C. The highest BCUT2D eigenvalue weighted by molar-refractivity contribution is 4.70. The molecule has 0 aliphatic heterocycles. The van der Waals surface area contributed by atoms with Crippen LogP contribution in [0.25, 0.3) is 0 Å². The zero-order chi connectivity index (χ0) is 8.74. The van der Waals surface area contributed by atoms with E-state index in [1.165, 1.54) is 0 Å². The van der Waals surface area contributed by atoms with Crippen LogP contribution in [0.4, 0.5) is 0 Å². The van der Waals surface area contributed by atoms with Crippen LogP contribution in [0.2, 0.25) is 0 Å². The van der Waals surface area contributed by atoms with Crippen LogP contribution >= 0.6 is 0 Å². The van der Waals surface area contributed by atoms with Crippen molar-refractivity contribution in [2.75, 3.05) is 7.05 Å². The monoisotopic (exact) mass is 158 g/mol. The number of hydrogen-bond acceptors (Lipinski definition) is 3. The smallest absolute Gasteiger partial charge is 0.175 e. The van der Waals surface area contributed by atoms with Crippen LogP contribution in [0, 0.1) is 0 Å². The van der Waals surface area contributed by atoms with Crippen molar-refractivity contribution < 1.29 is 5.11 Å². The quantitative estimate of drug-likeness (QED) is 0.613. The van der Waals surface area contributed by atoms with Crippen LogP contribution < -0.4 is 0 Å². The zero-order valence-corrected chi connectivity index (χ0v) is 7.67. The summed E-state index contributed by atoms with van der Waals surface area (Å²) in [5.41, 5.74) is -0.898. The molecule has 66 valence electrons. The summed E-state index contributed by atoms with van der Waals surface area (Å²) >= 11 is 0. The van der Waals surface area contributed by atoms with E-state index in [-0.39, 0.29) is 0 Å². The predicted octanol–water partition coefficient (Wildman–Crippen LogP) is 2.36. The fourth-order valence-electron chi connectivity index (χ4n) is 0.944. The highest BCUT2D eigenvalue weighted by Crippen LogP contribution is 2.19. The largest absolute Gasteiger partial charge is 0.368 e. The molecule has 11 heavy (non-hydrogen) atoms. The second-order valence-corrected chi connectivity index (χ2v) is 2.74. The molecule has 0 fully saturated rings. The number of hydrogen-bond donors (Lipinski definition) is 1. The van der Waals surface area contributed by atoms with Crippen molar-refractivity contribution in [3.63, 3.8) is 0 Å². The van der Waals surface area contributed by atoms with Crippen molar-refractivity contribution in [1.29, 1.82) is 0 Å². The molecule has 3 nitrogen and oxygen atoms in total. The van der Waals surface area contributed by atoms with E-state index in [9.17, 15) is 5.11 Å². The number of azo groups is 1. The lowest BCUT2D eigenvalue weighted by Crippen LogP contribution is -2.23. The van der Waals surface area contributed by atoms with Gasteiger partial charge in [0.05, 0.1) is 0 Å². The average Bonchev–Trinajstić information content (AvgIpc) is 2.02. The Balaban J connectivity index is 3.88. The van der Waals surface area contributed by atoms with Gasteiger partial charge in [0.25, 0.3) is 0 Å². The molecule has 1 atom stereocenters. The third-order valence-electron chi connectivity index (χ3n) is 1.78. The minimum atomic E-state index is -0.898. The van der Waals surface area contributed by atoms with Gasteiger partial charge in [-0.25, -0.2) is 0 Å². The van der Waals surface area contributed by atoms with Crippen LogP contribution in [0.15, 0.2) is 10.2 Å². The Morgan fingerprint density at radius 3 is 2.36 bits per heavy atom. The maximum atomic E-state index is 9.69. The summed E-state index contributed by atoms with van der Waals surface area (Å²) in [7, 11) is 1.59. The topological polar surface area (TPSA) is 45.0 Å². The highest BCUT2D eigenvalue weighted by Gasteiger charge is 2.22. The van der Waals surface area contributed by atoms with Gasteiger partial charge in [-0.05, 0) is 19.3 Å².